The molecule has 1 heterocycles. The molecule has 0 aromatic carbocycles. The minimum atomic E-state index is 0.430. The minimum absolute atomic E-state index is 0.430. The molecule has 0 aliphatic heterocycles. The van der Waals surface area contributed by atoms with Crippen LogP contribution < -0.4 is 5.73 Å². The Kier molecular flexibility index (Phi) is 3.67. The lowest BCUT2D eigenvalue weighted by Crippen LogP contribution is -2.45. The Morgan fingerprint density at radius 2 is 2.25 bits per heavy atom. The zero-order chi connectivity index (χ0) is 11.6. The van der Waals surface area contributed by atoms with Crippen molar-refractivity contribution in [2.75, 3.05) is 20.1 Å². The molecule has 0 unspecified atom stereocenters. The predicted octanol–water partition coefficient (Wildman–Crippen LogP) is 2.62. The highest BCUT2D eigenvalue weighted by atomic mass is 32.1. The first-order valence-corrected chi connectivity index (χ1v) is 6.95. The van der Waals surface area contributed by atoms with Crippen molar-refractivity contribution in [3.8, 4) is 0 Å². The molecule has 2 N–H and O–H groups in total. The molecule has 0 amide bonds. The average Bonchev–Trinajstić information content (AvgIpc) is 2.58. The number of thiophene rings is 1. The summed E-state index contributed by atoms with van der Waals surface area (Å²) in [6, 6.07) is 2.20. The van der Waals surface area contributed by atoms with Crippen LogP contribution in [0.1, 0.15) is 29.7 Å². The summed E-state index contributed by atoms with van der Waals surface area (Å²) in [7, 11) is 2.22. The molecule has 1 aromatic rings. The summed E-state index contributed by atoms with van der Waals surface area (Å²) in [6.07, 6.45) is 4.00. The Hall–Kier alpha value is -0.380. The van der Waals surface area contributed by atoms with Gasteiger partial charge in [-0.25, -0.2) is 0 Å². The molecule has 1 aliphatic rings. The number of aryl methyl sites for hydroxylation is 1. The van der Waals surface area contributed by atoms with E-state index < -0.39 is 0 Å². The summed E-state index contributed by atoms with van der Waals surface area (Å²) < 4.78 is 0. The lowest BCUT2D eigenvalue weighted by atomic mass is 9.68. The summed E-state index contributed by atoms with van der Waals surface area (Å²) in [5.41, 5.74) is 7.75. The van der Waals surface area contributed by atoms with Crippen LogP contribution in [0, 0.1) is 12.3 Å². The minimum Gasteiger partial charge on any atom is -0.330 e. The third-order valence-electron chi connectivity index (χ3n) is 3.83. The van der Waals surface area contributed by atoms with Gasteiger partial charge in [0.1, 0.15) is 0 Å². The van der Waals surface area contributed by atoms with Gasteiger partial charge in [0.15, 0.2) is 0 Å². The Labute approximate surface area is 102 Å². The van der Waals surface area contributed by atoms with E-state index in [2.05, 4.69) is 30.3 Å². The van der Waals surface area contributed by atoms with E-state index in [1.165, 1.54) is 29.7 Å². The first-order chi connectivity index (χ1) is 7.65. The van der Waals surface area contributed by atoms with E-state index in [-0.39, 0.29) is 0 Å². The van der Waals surface area contributed by atoms with Gasteiger partial charge in [-0.15, -0.1) is 11.3 Å². The smallest absolute Gasteiger partial charge is 0.0327 e. The van der Waals surface area contributed by atoms with Crippen molar-refractivity contribution in [3.63, 3.8) is 0 Å². The van der Waals surface area contributed by atoms with Crippen LogP contribution in [-0.2, 0) is 6.54 Å². The van der Waals surface area contributed by atoms with Gasteiger partial charge in [-0.3, -0.25) is 0 Å². The molecule has 1 fully saturated rings. The van der Waals surface area contributed by atoms with E-state index in [9.17, 15) is 0 Å². The number of hydrogen-bond donors (Lipinski definition) is 1. The van der Waals surface area contributed by atoms with E-state index in [1.54, 1.807) is 0 Å². The van der Waals surface area contributed by atoms with Crippen LogP contribution in [0.15, 0.2) is 11.4 Å². The molecule has 3 heteroatoms. The topological polar surface area (TPSA) is 29.3 Å². The van der Waals surface area contributed by atoms with Gasteiger partial charge in [-0.1, -0.05) is 6.42 Å². The summed E-state index contributed by atoms with van der Waals surface area (Å²) in [4.78, 5) is 3.93. The first kappa shape index (κ1) is 12.1. The largest absolute Gasteiger partial charge is 0.330 e. The monoisotopic (exact) mass is 238 g/mol. The molecule has 90 valence electrons. The van der Waals surface area contributed by atoms with E-state index >= 15 is 0 Å². The molecule has 2 rings (SSSR count). The van der Waals surface area contributed by atoms with Crippen molar-refractivity contribution in [1.29, 1.82) is 0 Å². The maximum Gasteiger partial charge on any atom is 0.0327 e. The number of nitrogens with zero attached hydrogens (tertiary/aromatic N) is 1. The third kappa shape index (κ3) is 2.47. The second kappa shape index (κ2) is 4.86. The van der Waals surface area contributed by atoms with Gasteiger partial charge in [0.25, 0.3) is 0 Å². The molecule has 0 atom stereocenters. The predicted molar refractivity (Wildman–Crippen MR) is 70.7 cm³/mol. The van der Waals surface area contributed by atoms with Crippen LogP contribution >= 0.6 is 11.3 Å². The van der Waals surface area contributed by atoms with Crippen LogP contribution in [-0.4, -0.2) is 25.0 Å². The van der Waals surface area contributed by atoms with Gasteiger partial charge in [0.05, 0.1) is 0 Å². The fourth-order valence-corrected chi connectivity index (χ4v) is 3.53. The lowest BCUT2D eigenvalue weighted by molar-refractivity contribution is 0.0849. The molecule has 1 aromatic heterocycles. The van der Waals surface area contributed by atoms with Crippen molar-refractivity contribution in [2.45, 2.75) is 32.7 Å². The van der Waals surface area contributed by atoms with Crippen molar-refractivity contribution in [2.24, 2.45) is 11.1 Å². The highest BCUT2D eigenvalue weighted by Gasteiger charge is 2.36. The quantitative estimate of drug-likeness (QED) is 0.854. The lowest BCUT2D eigenvalue weighted by Gasteiger charge is -2.43. The van der Waals surface area contributed by atoms with Gasteiger partial charge >= 0.3 is 0 Å². The second-order valence-corrected chi connectivity index (χ2v) is 6.26. The SMILES string of the molecule is Cc1ccsc1CN(C)CC1(CN)CCC1. The van der Waals surface area contributed by atoms with Crippen LogP contribution in [0.2, 0.25) is 0 Å². The van der Waals surface area contributed by atoms with Crippen LogP contribution in [0.25, 0.3) is 0 Å². The highest BCUT2D eigenvalue weighted by Crippen LogP contribution is 2.40. The van der Waals surface area contributed by atoms with Crippen LogP contribution in [0.4, 0.5) is 0 Å². The van der Waals surface area contributed by atoms with Crippen molar-refractivity contribution < 1.29 is 0 Å². The molecular weight excluding hydrogens is 216 g/mol. The average molecular weight is 238 g/mol. The van der Waals surface area contributed by atoms with Gasteiger partial charge in [-0.05, 0) is 55.8 Å². The van der Waals surface area contributed by atoms with E-state index in [4.69, 9.17) is 5.73 Å². The molecule has 1 saturated carbocycles. The molecule has 16 heavy (non-hydrogen) atoms. The summed E-state index contributed by atoms with van der Waals surface area (Å²) >= 11 is 1.86. The summed E-state index contributed by atoms with van der Waals surface area (Å²) in [5.74, 6) is 0. The normalized spacial score (nSPS) is 18.8. The Balaban J connectivity index is 1.89. The van der Waals surface area contributed by atoms with Crippen LogP contribution in [0.3, 0.4) is 0 Å². The number of hydrogen-bond acceptors (Lipinski definition) is 3. The zero-order valence-electron chi connectivity index (χ0n) is 10.3. The van der Waals surface area contributed by atoms with E-state index in [0.29, 0.717) is 5.41 Å². The Morgan fingerprint density at radius 3 is 2.69 bits per heavy atom. The maximum absolute atomic E-state index is 5.90. The molecule has 1 aliphatic carbocycles. The molecule has 2 nitrogen and oxygen atoms in total. The molecular formula is C13H22N2S. The molecule has 0 spiro atoms. The van der Waals surface area contributed by atoms with Crippen molar-refractivity contribution >= 4 is 11.3 Å². The Bertz CT molecular complexity index is 336. The fourth-order valence-electron chi connectivity index (χ4n) is 2.54. The van der Waals surface area contributed by atoms with Gasteiger partial charge in [-0.2, -0.15) is 0 Å². The number of rotatable bonds is 5. The first-order valence-electron chi connectivity index (χ1n) is 6.07. The van der Waals surface area contributed by atoms with Gasteiger partial charge in [0, 0.05) is 18.0 Å². The van der Waals surface area contributed by atoms with Gasteiger partial charge in [0.2, 0.25) is 0 Å². The molecule has 0 radical (unpaired) electrons. The maximum atomic E-state index is 5.90. The van der Waals surface area contributed by atoms with E-state index in [1.807, 2.05) is 11.3 Å². The van der Waals surface area contributed by atoms with Crippen molar-refractivity contribution in [3.05, 3.63) is 21.9 Å². The van der Waals surface area contributed by atoms with Crippen molar-refractivity contribution in [1.82, 2.24) is 4.90 Å². The highest BCUT2D eigenvalue weighted by molar-refractivity contribution is 7.10. The van der Waals surface area contributed by atoms with E-state index in [0.717, 1.165) is 19.6 Å². The second-order valence-electron chi connectivity index (χ2n) is 5.26. The molecule has 0 saturated heterocycles. The van der Waals surface area contributed by atoms with Crippen LogP contribution in [0.5, 0.6) is 0 Å². The zero-order valence-corrected chi connectivity index (χ0v) is 11.1. The third-order valence-corrected chi connectivity index (χ3v) is 4.84. The van der Waals surface area contributed by atoms with Gasteiger partial charge < -0.3 is 10.6 Å². The standard InChI is InChI=1S/C13H22N2S/c1-11-4-7-16-12(11)8-15(2)10-13(9-14)5-3-6-13/h4,7H,3,5-6,8-10,14H2,1-2H3. The Morgan fingerprint density at radius 1 is 1.50 bits per heavy atom. The fraction of sp³-hybridized carbons (Fsp3) is 0.692. The summed E-state index contributed by atoms with van der Waals surface area (Å²) in [5, 5.41) is 2.18. The number of nitrogens with two attached hydrogens (primary N) is 1. The molecule has 0 bridgehead atoms. The summed E-state index contributed by atoms with van der Waals surface area (Å²) in [6.45, 7) is 5.27.